The van der Waals surface area contributed by atoms with Crippen LogP contribution >= 0.6 is 0 Å². The van der Waals surface area contributed by atoms with Crippen molar-refractivity contribution in [2.45, 2.75) is 57.8 Å². The molecule has 2 unspecified atom stereocenters. The molecule has 0 aromatic heterocycles. The second-order valence-corrected chi connectivity index (χ2v) is 6.30. The number of rotatable bonds is 7. The standard InChI is InChI=1S/C19H29N/c1-4-12-19(13-11-17(14-19)15-20-6-3)18-9-7-16(5-2)8-10-18/h6-10,17,20H,3-5,11-15H2,1-2H3. The average molecular weight is 271 g/mol. The van der Waals surface area contributed by atoms with Crippen LogP contribution in [0.1, 0.15) is 57.1 Å². The molecule has 0 radical (unpaired) electrons. The largest absolute Gasteiger partial charge is 0.391 e. The van der Waals surface area contributed by atoms with Gasteiger partial charge >= 0.3 is 0 Å². The number of nitrogens with one attached hydrogen (secondary N) is 1. The van der Waals surface area contributed by atoms with Gasteiger partial charge in [-0.05, 0) is 60.8 Å². The van der Waals surface area contributed by atoms with Crippen molar-refractivity contribution in [3.63, 3.8) is 0 Å². The van der Waals surface area contributed by atoms with Gasteiger partial charge in [-0.15, -0.1) is 0 Å². The Balaban J connectivity index is 2.15. The van der Waals surface area contributed by atoms with Crippen molar-refractivity contribution in [2.75, 3.05) is 6.54 Å². The van der Waals surface area contributed by atoms with E-state index in [4.69, 9.17) is 0 Å². The van der Waals surface area contributed by atoms with Gasteiger partial charge in [-0.25, -0.2) is 0 Å². The monoisotopic (exact) mass is 271 g/mol. The van der Waals surface area contributed by atoms with E-state index >= 15 is 0 Å². The normalized spacial score (nSPS) is 25.6. The van der Waals surface area contributed by atoms with E-state index in [-0.39, 0.29) is 0 Å². The first-order chi connectivity index (χ1) is 9.74. The maximum Gasteiger partial charge on any atom is 0.0169 e. The van der Waals surface area contributed by atoms with Crippen molar-refractivity contribution >= 4 is 0 Å². The third-order valence-electron chi connectivity index (χ3n) is 4.96. The summed E-state index contributed by atoms with van der Waals surface area (Å²) in [5, 5.41) is 3.30. The first-order valence-electron chi connectivity index (χ1n) is 8.18. The van der Waals surface area contributed by atoms with Crippen LogP contribution in [0, 0.1) is 5.92 Å². The van der Waals surface area contributed by atoms with Gasteiger partial charge in [-0.2, -0.15) is 0 Å². The first-order valence-corrected chi connectivity index (χ1v) is 8.18. The van der Waals surface area contributed by atoms with Crippen LogP contribution in [0.4, 0.5) is 0 Å². The van der Waals surface area contributed by atoms with Gasteiger partial charge in [0.1, 0.15) is 0 Å². The molecule has 1 saturated carbocycles. The lowest BCUT2D eigenvalue weighted by atomic mass is 9.74. The molecule has 1 aliphatic rings. The highest BCUT2D eigenvalue weighted by molar-refractivity contribution is 5.30. The summed E-state index contributed by atoms with van der Waals surface area (Å²) in [6, 6.07) is 9.42. The fourth-order valence-corrected chi connectivity index (χ4v) is 3.87. The first kappa shape index (κ1) is 15.2. The highest BCUT2D eigenvalue weighted by Crippen LogP contribution is 2.47. The van der Waals surface area contributed by atoms with E-state index in [1.807, 2.05) is 6.20 Å². The Morgan fingerprint density at radius 1 is 1.30 bits per heavy atom. The maximum atomic E-state index is 3.76. The molecular formula is C19H29N. The maximum absolute atomic E-state index is 3.76. The van der Waals surface area contributed by atoms with E-state index in [1.54, 1.807) is 5.56 Å². The van der Waals surface area contributed by atoms with E-state index in [0.29, 0.717) is 5.41 Å². The van der Waals surface area contributed by atoms with Crippen LogP contribution in [0.3, 0.4) is 0 Å². The molecule has 2 atom stereocenters. The third kappa shape index (κ3) is 3.26. The number of aryl methyl sites for hydroxylation is 1. The summed E-state index contributed by atoms with van der Waals surface area (Å²) in [7, 11) is 0. The number of hydrogen-bond acceptors (Lipinski definition) is 1. The van der Waals surface area contributed by atoms with Crippen molar-refractivity contribution < 1.29 is 0 Å². The summed E-state index contributed by atoms with van der Waals surface area (Å²) in [6.45, 7) is 9.39. The van der Waals surface area contributed by atoms with E-state index in [0.717, 1.165) is 18.9 Å². The van der Waals surface area contributed by atoms with Crippen LogP contribution in [-0.2, 0) is 11.8 Å². The summed E-state index contributed by atoms with van der Waals surface area (Å²) in [4.78, 5) is 0. The second kappa shape index (κ2) is 6.97. The molecule has 0 spiro atoms. The molecule has 1 aliphatic carbocycles. The Morgan fingerprint density at radius 3 is 2.65 bits per heavy atom. The molecule has 0 aliphatic heterocycles. The lowest BCUT2D eigenvalue weighted by Gasteiger charge is -2.30. The molecule has 1 aromatic rings. The van der Waals surface area contributed by atoms with Crippen LogP contribution in [0.5, 0.6) is 0 Å². The fourth-order valence-electron chi connectivity index (χ4n) is 3.87. The van der Waals surface area contributed by atoms with Gasteiger partial charge in [-0.1, -0.05) is 51.1 Å². The fraction of sp³-hybridized carbons (Fsp3) is 0.579. The molecule has 0 saturated heterocycles. The van der Waals surface area contributed by atoms with Crippen molar-refractivity contribution in [2.24, 2.45) is 5.92 Å². The Hall–Kier alpha value is -1.24. The van der Waals surface area contributed by atoms with Gasteiger partial charge in [0.25, 0.3) is 0 Å². The Kier molecular flexibility index (Phi) is 5.28. The third-order valence-corrected chi connectivity index (χ3v) is 4.96. The van der Waals surface area contributed by atoms with Gasteiger partial charge in [0, 0.05) is 6.54 Å². The van der Waals surface area contributed by atoms with Crippen molar-refractivity contribution in [3.8, 4) is 0 Å². The lowest BCUT2D eigenvalue weighted by molar-refractivity contribution is 0.378. The molecule has 1 heteroatoms. The highest BCUT2D eigenvalue weighted by atomic mass is 14.8. The van der Waals surface area contributed by atoms with Gasteiger partial charge in [0.05, 0.1) is 0 Å². The van der Waals surface area contributed by atoms with Crippen LogP contribution in [0.2, 0.25) is 0 Å². The van der Waals surface area contributed by atoms with E-state index in [2.05, 4.69) is 50.0 Å². The smallest absolute Gasteiger partial charge is 0.0169 e. The Morgan fingerprint density at radius 2 is 2.05 bits per heavy atom. The van der Waals surface area contributed by atoms with Gasteiger partial charge in [0.15, 0.2) is 0 Å². The van der Waals surface area contributed by atoms with Crippen LogP contribution in [0.15, 0.2) is 37.0 Å². The molecule has 0 amide bonds. The second-order valence-electron chi connectivity index (χ2n) is 6.30. The summed E-state index contributed by atoms with van der Waals surface area (Å²) in [6.07, 6.45) is 9.57. The molecule has 20 heavy (non-hydrogen) atoms. The summed E-state index contributed by atoms with van der Waals surface area (Å²) < 4.78 is 0. The highest BCUT2D eigenvalue weighted by Gasteiger charge is 2.39. The summed E-state index contributed by atoms with van der Waals surface area (Å²) >= 11 is 0. The minimum atomic E-state index is 0.425. The van der Waals surface area contributed by atoms with E-state index in [9.17, 15) is 0 Å². The van der Waals surface area contributed by atoms with Crippen molar-refractivity contribution in [1.82, 2.24) is 5.32 Å². The van der Waals surface area contributed by atoms with Crippen molar-refractivity contribution in [1.29, 1.82) is 0 Å². The molecule has 110 valence electrons. The zero-order chi connectivity index (χ0) is 14.4. The molecule has 0 heterocycles. The Bertz CT molecular complexity index is 420. The topological polar surface area (TPSA) is 12.0 Å². The molecule has 1 aromatic carbocycles. The molecular weight excluding hydrogens is 242 g/mol. The van der Waals surface area contributed by atoms with Gasteiger partial charge in [0.2, 0.25) is 0 Å². The molecule has 1 N–H and O–H groups in total. The number of hydrogen-bond donors (Lipinski definition) is 1. The van der Waals surface area contributed by atoms with E-state index in [1.165, 1.54) is 37.7 Å². The zero-order valence-electron chi connectivity index (χ0n) is 13.1. The molecule has 1 fully saturated rings. The van der Waals surface area contributed by atoms with Gasteiger partial charge in [-0.3, -0.25) is 0 Å². The Labute approximate surface area is 124 Å². The summed E-state index contributed by atoms with van der Waals surface area (Å²) in [5.74, 6) is 0.797. The molecule has 2 rings (SSSR count). The number of benzene rings is 1. The van der Waals surface area contributed by atoms with Crippen LogP contribution < -0.4 is 5.32 Å². The predicted molar refractivity (Wildman–Crippen MR) is 87.9 cm³/mol. The summed E-state index contributed by atoms with van der Waals surface area (Å²) in [5.41, 5.74) is 3.44. The zero-order valence-corrected chi connectivity index (χ0v) is 13.1. The van der Waals surface area contributed by atoms with Crippen molar-refractivity contribution in [3.05, 3.63) is 48.2 Å². The molecule has 0 bridgehead atoms. The SMILES string of the molecule is C=CNCC1CCC(CCC)(c2ccc(CC)cc2)C1. The molecule has 1 nitrogen and oxygen atoms in total. The lowest BCUT2D eigenvalue weighted by Crippen LogP contribution is -2.24. The average Bonchev–Trinajstić information content (AvgIpc) is 2.90. The van der Waals surface area contributed by atoms with Crippen LogP contribution in [0.25, 0.3) is 0 Å². The quantitative estimate of drug-likeness (QED) is 0.749. The van der Waals surface area contributed by atoms with Gasteiger partial charge < -0.3 is 5.32 Å². The van der Waals surface area contributed by atoms with Crippen LogP contribution in [-0.4, -0.2) is 6.54 Å². The minimum Gasteiger partial charge on any atom is -0.391 e. The minimum absolute atomic E-state index is 0.425. The predicted octanol–water partition coefficient (Wildman–Crippen LogP) is 4.82. The van der Waals surface area contributed by atoms with E-state index < -0.39 is 0 Å².